The van der Waals surface area contributed by atoms with Gasteiger partial charge in [0.25, 0.3) is 0 Å². The summed E-state index contributed by atoms with van der Waals surface area (Å²) in [6, 6.07) is 7.10. The van der Waals surface area contributed by atoms with Gasteiger partial charge in [-0.15, -0.1) is 11.6 Å². The van der Waals surface area contributed by atoms with Crippen molar-refractivity contribution >= 4 is 22.6 Å². The fourth-order valence-electron chi connectivity index (χ4n) is 3.54. The number of hydrogen-bond donors (Lipinski definition) is 0. The summed E-state index contributed by atoms with van der Waals surface area (Å²) < 4.78 is 2.43. The molecule has 1 aromatic heterocycles. The molecular formula is C17H23ClN2. The van der Waals surface area contributed by atoms with E-state index in [1.54, 1.807) is 0 Å². The molecule has 2 nitrogen and oxygen atoms in total. The molecule has 0 N–H and O–H groups in total. The van der Waals surface area contributed by atoms with Crippen molar-refractivity contribution in [1.29, 1.82) is 0 Å². The summed E-state index contributed by atoms with van der Waals surface area (Å²) in [6.07, 6.45) is 5.23. The molecule has 3 atom stereocenters. The van der Waals surface area contributed by atoms with Crippen molar-refractivity contribution < 1.29 is 0 Å². The Morgan fingerprint density at radius 1 is 1.30 bits per heavy atom. The summed E-state index contributed by atoms with van der Waals surface area (Å²) in [5.74, 6) is 1.74. The zero-order valence-corrected chi connectivity index (χ0v) is 13.3. The molecule has 1 aliphatic rings. The zero-order chi connectivity index (χ0) is 14.3. The lowest BCUT2D eigenvalue weighted by molar-refractivity contribution is 0.257. The van der Waals surface area contributed by atoms with Crippen LogP contribution in [0.5, 0.6) is 0 Å². The molecule has 1 heterocycles. The lowest BCUT2D eigenvalue weighted by atomic mass is 9.85. The maximum Gasteiger partial charge on any atom is 0.127 e. The fourth-order valence-corrected chi connectivity index (χ4v) is 3.69. The van der Waals surface area contributed by atoms with Crippen LogP contribution in [0.1, 0.15) is 62.3 Å². The minimum atomic E-state index is -0.0446. The summed E-state index contributed by atoms with van der Waals surface area (Å²) in [4.78, 5) is 4.81. The standard InChI is InChI=1S/C17H23ClN2/c1-11-8-9-16-14(10-11)19-17(13(3)18)20(16)15-7-5-4-6-12(15)2/h8-10,12-13,15H,4-7H2,1-3H3. The Morgan fingerprint density at radius 2 is 2.05 bits per heavy atom. The summed E-state index contributed by atoms with van der Waals surface area (Å²) in [6.45, 7) is 6.51. The quantitative estimate of drug-likeness (QED) is 0.678. The number of fused-ring (bicyclic) bond motifs is 1. The van der Waals surface area contributed by atoms with Gasteiger partial charge in [0.15, 0.2) is 0 Å². The van der Waals surface area contributed by atoms with Crippen molar-refractivity contribution in [3.8, 4) is 0 Å². The van der Waals surface area contributed by atoms with Crippen LogP contribution >= 0.6 is 11.6 Å². The van der Waals surface area contributed by atoms with Gasteiger partial charge in [0.1, 0.15) is 5.82 Å². The zero-order valence-electron chi connectivity index (χ0n) is 12.6. The van der Waals surface area contributed by atoms with Gasteiger partial charge >= 0.3 is 0 Å². The van der Waals surface area contributed by atoms with E-state index in [0.29, 0.717) is 12.0 Å². The predicted molar refractivity (Wildman–Crippen MR) is 85.4 cm³/mol. The van der Waals surface area contributed by atoms with E-state index in [0.717, 1.165) is 11.3 Å². The molecule has 0 spiro atoms. The summed E-state index contributed by atoms with van der Waals surface area (Å²) in [5.41, 5.74) is 3.59. The monoisotopic (exact) mass is 290 g/mol. The highest BCUT2D eigenvalue weighted by atomic mass is 35.5. The number of imidazole rings is 1. The molecule has 2 aromatic rings. The normalized spacial score (nSPS) is 25.0. The number of aryl methyl sites for hydroxylation is 1. The molecule has 1 aliphatic carbocycles. The first kappa shape index (κ1) is 13.9. The molecule has 0 radical (unpaired) electrons. The van der Waals surface area contributed by atoms with Gasteiger partial charge in [-0.1, -0.05) is 25.8 Å². The van der Waals surface area contributed by atoms with Crippen LogP contribution in [0.25, 0.3) is 11.0 Å². The molecule has 3 rings (SSSR count). The SMILES string of the molecule is Cc1ccc2c(c1)nc(C(C)Cl)n2C1CCCCC1C. The van der Waals surface area contributed by atoms with Gasteiger partial charge in [0.05, 0.1) is 16.4 Å². The minimum Gasteiger partial charge on any atom is -0.323 e. The van der Waals surface area contributed by atoms with Crippen LogP contribution in [-0.2, 0) is 0 Å². The number of rotatable bonds is 2. The molecule has 20 heavy (non-hydrogen) atoms. The lowest BCUT2D eigenvalue weighted by Gasteiger charge is -2.32. The Labute approximate surface area is 126 Å². The molecular weight excluding hydrogens is 268 g/mol. The van der Waals surface area contributed by atoms with Crippen LogP contribution in [0.15, 0.2) is 18.2 Å². The van der Waals surface area contributed by atoms with Crippen LogP contribution in [0.3, 0.4) is 0 Å². The van der Waals surface area contributed by atoms with Gasteiger partial charge in [-0.3, -0.25) is 0 Å². The predicted octanol–water partition coefficient (Wildman–Crippen LogP) is 5.40. The lowest BCUT2D eigenvalue weighted by Crippen LogP contribution is -2.23. The Balaban J connectivity index is 2.18. The molecule has 0 bridgehead atoms. The van der Waals surface area contributed by atoms with E-state index in [2.05, 4.69) is 36.6 Å². The Hall–Kier alpha value is -1.02. The first-order valence-electron chi connectivity index (χ1n) is 7.70. The first-order chi connectivity index (χ1) is 9.58. The second-order valence-electron chi connectivity index (χ2n) is 6.28. The topological polar surface area (TPSA) is 17.8 Å². The maximum absolute atomic E-state index is 6.40. The molecule has 0 aliphatic heterocycles. The smallest absolute Gasteiger partial charge is 0.127 e. The average molecular weight is 291 g/mol. The van der Waals surface area contributed by atoms with Crippen molar-refractivity contribution in [2.24, 2.45) is 5.92 Å². The third-order valence-electron chi connectivity index (χ3n) is 4.63. The van der Waals surface area contributed by atoms with E-state index in [4.69, 9.17) is 16.6 Å². The van der Waals surface area contributed by atoms with Gasteiger partial charge in [-0.25, -0.2) is 4.98 Å². The van der Waals surface area contributed by atoms with E-state index in [1.165, 1.54) is 36.8 Å². The molecule has 0 amide bonds. The molecule has 108 valence electrons. The van der Waals surface area contributed by atoms with Gasteiger partial charge < -0.3 is 4.57 Å². The molecule has 3 unspecified atom stereocenters. The highest BCUT2D eigenvalue weighted by Crippen LogP contribution is 2.38. The largest absolute Gasteiger partial charge is 0.323 e. The van der Waals surface area contributed by atoms with Crippen LogP contribution in [0.2, 0.25) is 0 Å². The molecule has 1 fully saturated rings. The van der Waals surface area contributed by atoms with E-state index >= 15 is 0 Å². The Morgan fingerprint density at radius 3 is 2.75 bits per heavy atom. The molecule has 0 saturated heterocycles. The fraction of sp³-hybridized carbons (Fsp3) is 0.588. The van der Waals surface area contributed by atoms with Crippen LogP contribution in [0, 0.1) is 12.8 Å². The summed E-state index contributed by atoms with van der Waals surface area (Å²) in [5, 5.41) is -0.0446. The second-order valence-corrected chi connectivity index (χ2v) is 6.93. The second kappa shape index (κ2) is 5.40. The van der Waals surface area contributed by atoms with E-state index < -0.39 is 0 Å². The van der Waals surface area contributed by atoms with Crippen molar-refractivity contribution in [3.05, 3.63) is 29.6 Å². The van der Waals surface area contributed by atoms with Gasteiger partial charge in [-0.2, -0.15) is 0 Å². The van der Waals surface area contributed by atoms with Crippen molar-refractivity contribution in [3.63, 3.8) is 0 Å². The van der Waals surface area contributed by atoms with E-state index in [1.807, 2.05) is 6.92 Å². The Kier molecular flexibility index (Phi) is 3.76. The minimum absolute atomic E-state index is 0.0446. The Bertz CT molecular complexity index is 615. The summed E-state index contributed by atoms with van der Waals surface area (Å²) >= 11 is 6.40. The maximum atomic E-state index is 6.40. The summed E-state index contributed by atoms with van der Waals surface area (Å²) in [7, 11) is 0. The van der Waals surface area contributed by atoms with Crippen LogP contribution in [0.4, 0.5) is 0 Å². The number of halogens is 1. The van der Waals surface area contributed by atoms with Crippen LogP contribution in [-0.4, -0.2) is 9.55 Å². The number of hydrogen-bond acceptors (Lipinski definition) is 1. The van der Waals surface area contributed by atoms with Crippen molar-refractivity contribution in [1.82, 2.24) is 9.55 Å². The van der Waals surface area contributed by atoms with Crippen molar-refractivity contribution in [2.45, 2.75) is 57.9 Å². The first-order valence-corrected chi connectivity index (χ1v) is 8.14. The third kappa shape index (κ3) is 2.35. The van der Waals surface area contributed by atoms with Crippen molar-refractivity contribution in [2.75, 3.05) is 0 Å². The van der Waals surface area contributed by atoms with E-state index in [-0.39, 0.29) is 5.38 Å². The highest BCUT2D eigenvalue weighted by Gasteiger charge is 2.27. The molecule has 3 heteroatoms. The number of alkyl halides is 1. The molecule has 1 aromatic carbocycles. The van der Waals surface area contributed by atoms with E-state index in [9.17, 15) is 0 Å². The molecule has 1 saturated carbocycles. The van der Waals surface area contributed by atoms with Crippen LogP contribution < -0.4 is 0 Å². The number of nitrogens with zero attached hydrogens (tertiary/aromatic N) is 2. The number of benzene rings is 1. The third-order valence-corrected chi connectivity index (χ3v) is 4.82. The van der Waals surface area contributed by atoms with Gasteiger partial charge in [-0.05, 0) is 50.3 Å². The van der Waals surface area contributed by atoms with Gasteiger partial charge in [0.2, 0.25) is 0 Å². The highest BCUT2D eigenvalue weighted by molar-refractivity contribution is 6.20. The number of aromatic nitrogens is 2. The average Bonchev–Trinajstić information content (AvgIpc) is 2.78. The van der Waals surface area contributed by atoms with Gasteiger partial charge in [0, 0.05) is 6.04 Å².